The maximum absolute atomic E-state index is 11.9. The minimum atomic E-state index is -0.198. The highest BCUT2D eigenvalue weighted by atomic mass is 16.1. The van der Waals surface area contributed by atoms with Crippen molar-refractivity contribution in [1.82, 2.24) is 10.4 Å². The monoisotopic (exact) mass is 184 g/mol. The summed E-state index contributed by atoms with van der Waals surface area (Å²) in [5.41, 5.74) is 3.02. The molecule has 1 rings (SSSR count). The molecule has 1 N–H and O–H groups in total. The summed E-state index contributed by atoms with van der Waals surface area (Å²) in [5.74, 6) is 0.552. The number of rotatable bonds is 2. The molecule has 3 heteroatoms. The van der Waals surface area contributed by atoms with Gasteiger partial charge in [-0.25, -0.2) is 5.01 Å². The molecule has 0 bridgehead atoms. The highest BCUT2D eigenvalue weighted by Crippen LogP contribution is 2.22. The lowest BCUT2D eigenvalue weighted by Crippen LogP contribution is -2.32. The first kappa shape index (κ1) is 10.7. The molecule has 0 amide bonds. The molecular formula is C10H20N2O. The largest absolute Gasteiger partial charge is 0.299 e. The van der Waals surface area contributed by atoms with Crippen molar-refractivity contribution in [3.8, 4) is 0 Å². The molecule has 0 saturated carbocycles. The highest BCUT2D eigenvalue weighted by molar-refractivity contribution is 5.86. The zero-order valence-corrected chi connectivity index (χ0v) is 9.05. The predicted octanol–water partition coefficient (Wildman–Crippen LogP) is 1.06. The van der Waals surface area contributed by atoms with Crippen LogP contribution in [0.2, 0.25) is 0 Å². The molecule has 13 heavy (non-hydrogen) atoms. The molecule has 1 atom stereocenters. The summed E-state index contributed by atoms with van der Waals surface area (Å²) in [7, 11) is 0. The number of hydrogen-bond donors (Lipinski definition) is 1. The Hall–Kier alpha value is -0.410. The van der Waals surface area contributed by atoms with E-state index in [1.807, 2.05) is 20.8 Å². The summed E-state index contributed by atoms with van der Waals surface area (Å²) < 4.78 is 0. The summed E-state index contributed by atoms with van der Waals surface area (Å²) in [4.78, 5) is 11.9. The number of ketones is 1. The van der Waals surface area contributed by atoms with Gasteiger partial charge in [0.1, 0.15) is 5.78 Å². The summed E-state index contributed by atoms with van der Waals surface area (Å²) in [6.07, 6.45) is 0. The Balaban J connectivity index is 2.52. The first-order chi connectivity index (χ1) is 5.95. The molecule has 1 unspecified atom stereocenters. The average molecular weight is 184 g/mol. The van der Waals surface area contributed by atoms with Gasteiger partial charge in [0, 0.05) is 31.0 Å². The van der Waals surface area contributed by atoms with Gasteiger partial charge in [0.15, 0.2) is 0 Å². The SMILES string of the molecule is CCN1CC(C(=O)C(C)(C)C)CN1. The minimum absolute atomic E-state index is 0.181. The van der Waals surface area contributed by atoms with Gasteiger partial charge in [0.25, 0.3) is 0 Å². The van der Waals surface area contributed by atoms with Crippen molar-refractivity contribution >= 4 is 5.78 Å². The molecule has 0 aromatic rings. The number of Topliss-reactive ketones (excluding diaryl/α,β-unsaturated/α-hetero) is 1. The molecule has 0 radical (unpaired) electrons. The number of hydrogen-bond acceptors (Lipinski definition) is 3. The topological polar surface area (TPSA) is 32.3 Å². The van der Waals surface area contributed by atoms with Gasteiger partial charge in [-0.2, -0.15) is 0 Å². The van der Waals surface area contributed by atoms with Crippen LogP contribution in [0.4, 0.5) is 0 Å². The molecule has 1 saturated heterocycles. The maximum atomic E-state index is 11.9. The van der Waals surface area contributed by atoms with Crippen molar-refractivity contribution in [2.75, 3.05) is 19.6 Å². The minimum Gasteiger partial charge on any atom is -0.299 e. The van der Waals surface area contributed by atoms with E-state index in [1.165, 1.54) is 0 Å². The third kappa shape index (κ3) is 2.51. The van der Waals surface area contributed by atoms with Crippen molar-refractivity contribution < 1.29 is 4.79 Å². The van der Waals surface area contributed by atoms with Crippen LogP contribution in [-0.4, -0.2) is 30.4 Å². The third-order valence-electron chi connectivity index (χ3n) is 2.49. The smallest absolute Gasteiger partial charge is 0.143 e. The van der Waals surface area contributed by atoms with Gasteiger partial charge in [-0.05, 0) is 0 Å². The lowest BCUT2D eigenvalue weighted by atomic mass is 9.83. The fourth-order valence-corrected chi connectivity index (χ4v) is 1.66. The number of carbonyl (C=O) groups is 1. The highest BCUT2D eigenvalue weighted by Gasteiger charge is 2.33. The Bertz CT molecular complexity index is 196. The van der Waals surface area contributed by atoms with Crippen LogP contribution in [0.5, 0.6) is 0 Å². The van der Waals surface area contributed by atoms with Crippen molar-refractivity contribution in [1.29, 1.82) is 0 Å². The van der Waals surface area contributed by atoms with Gasteiger partial charge >= 0.3 is 0 Å². The second-order valence-electron chi connectivity index (χ2n) is 4.71. The van der Waals surface area contributed by atoms with E-state index >= 15 is 0 Å². The van der Waals surface area contributed by atoms with Crippen molar-refractivity contribution in [2.24, 2.45) is 11.3 Å². The Labute approximate surface area is 80.5 Å². The van der Waals surface area contributed by atoms with E-state index in [0.29, 0.717) is 5.78 Å². The molecule has 0 spiro atoms. The number of hydrazine groups is 1. The molecule has 1 fully saturated rings. The summed E-state index contributed by atoms with van der Waals surface area (Å²) in [6, 6.07) is 0. The van der Waals surface area contributed by atoms with Gasteiger partial charge in [0.2, 0.25) is 0 Å². The van der Waals surface area contributed by atoms with Crippen molar-refractivity contribution in [3.05, 3.63) is 0 Å². The van der Waals surface area contributed by atoms with Crippen LogP contribution < -0.4 is 5.43 Å². The van der Waals surface area contributed by atoms with Crippen LogP contribution in [0.3, 0.4) is 0 Å². The fourth-order valence-electron chi connectivity index (χ4n) is 1.66. The first-order valence-corrected chi connectivity index (χ1v) is 4.98. The van der Waals surface area contributed by atoms with Gasteiger partial charge in [-0.15, -0.1) is 0 Å². The molecule has 0 aliphatic carbocycles. The van der Waals surface area contributed by atoms with E-state index in [2.05, 4.69) is 17.4 Å². The Morgan fingerprint density at radius 2 is 2.15 bits per heavy atom. The number of nitrogens with one attached hydrogen (secondary N) is 1. The van der Waals surface area contributed by atoms with Gasteiger partial charge in [0.05, 0.1) is 0 Å². The summed E-state index contributed by atoms with van der Waals surface area (Å²) in [5, 5.41) is 2.11. The van der Waals surface area contributed by atoms with Crippen LogP contribution >= 0.6 is 0 Å². The lowest BCUT2D eigenvalue weighted by molar-refractivity contribution is -0.129. The van der Waals surface area contributed by atoms with E-state index in [1.54, 1.807) is 0 Å². The summed E-state index contributed by atoms with van der Waals surface area (Å²) in [6.45, 7) is 10.7. The van der Waals surface area contributed by atoms with E-state index in [0.717, 1.165) is 19.6 Å². The molecule has 0 aromatic carbocycles. The molecule has 1 aliphatic rings. The normalized spacial score (nSPS) is 25.1. The van der Waals surface area contributed by atoms with Crippen LogP contribution in [0, 0.1) is 11.3 Å². The Morgan fingerprint density at radius 3 is 2.54 bits per heavy atom. The Morgan fingerprint density at radius 1 is 1.54 bits per heavy atom. The van der Waals surface area contributed by atoms with E-state index in [-0.39, 0.29) is 11.3 Å². The maximum Gasteiger partial charge on any atom is 0.143 e. The molecule has 3 nitrogen and oxygen atoms in total. The second-order valence-corrected chi connectivity index (χ2v) is 4.71. The first-order valence-electron chi connectivity index (χ1n) is 4.98. The zero-order valence-electron chi connectivity index (χ0n) is 9.05. The van der Waals surface area contributed by atoms with Gasteiger partial charge in [-0.1, -0.05) is 27.7 Å². The molecule has 76 valence electrons. The molecule has 0 aromatic heterocycles. The van der Waals surface area contributed by atoms with Crippen LogP contribution in [0.15, 0.2) is 0 Å². The summed E-state index contributed by atoms with van der Waals surface area (Å²) >= 11 is 0. The molecule has 1 aliphatic heterocycles. The standard InChI is InChI=1S/C10H20N2O/c1-5-12-7-8(6-11-12)9(13)10(2,3)4/h8,11H,5-7H2,1-4H3. The van der Waals surface area contributed by atoms with E-state index < -0.39 is 0 Å². The Kier molecular flexibility index (Phi) is 3.09. The zero-order chi connectivity index (χ0) is 10.1. The lowest BCUT2D eigenvalue weighted by Gasteiger charge is -2.20. The van der Waals surface area contributed by atoms with Gasteiger partial charge in [-0.3, -0.25) is 10.2 Å². The van der Waals surface area contributed by atoms with E-state index in [9.17, 15) is 4.79 Å². The average Bonchev–Trinajstić information content (AvgIpc) is 2.48. The van der Waals surface area contributed by atoms with Gasteiger partial charge < -0.3 is 0 Å². The predicted molar refractivity (Wildman–Crippen MR) is 53.2 cm³/mol. The van der Waals surface area contributed by atoms with Crippen LogP contribution in [-0.2, 0) is 4.79 Å². The quantitative estimate of drug-likeness (QED) is 0.696. The van der Waals surface area contributed by atoms with Crippen LogP contribution in [0.1, 0.15) is 27.7 Å². The fraction of sp³-hybridized carbons (Fsp3) is 0.900. The number of carbonyl (C=O) groups excluding carboxylic acids is 1. The van der Waals surface area contributed by atoms with Crippen LogP contribution in [0.25, 0.3) is 0 Å². The second kappa shape index (κ2) is 3.76. The number of nitrogens with zero attached hydrogens (tertiary/aromatic N) is 1. The third-order valence-corrected chi connectivity index (χ3v) is 2.49. The molecular weight excluding hydrogens is 164 g/mol. The molecule has 1 heterocycles. The van der Waals surface area contributed by atoms with Crippen molar-refractivity contribution in [2.45, 2.75) is 27.7 Å². The van der Waals surface area contributed by atoms with Crippen molar-refractivity contribution in [3.63, 3.8) is 0 Å². The van der Waals surface area contributed by atoms with E-state index in [4.69, 9.17) is 0 Å².